The van der Waals surface area contributed by atoms with E-state index in [2.05, 4.69) is 0 Å². The fourth-order valence-electron chi connectivity index (χ4n) is 1.65. The molecule has 1 heterocycles. The number of carbonyl (C=O) groups is 1. The van der Waals surface area contributed by atoms with Gasteiger partial charge < -0.3 is 14.3 Å². The maximum Gasteiger partial charge on any atom is 0.372 e. The highest BCUT2D eigenvalue weighted by molar-refractivity contribution is 5.86. The third-order valence-corrected chi connectivity index (χ3v) is 2.69. The molecule has 0 saturated heterocycles. The topological polar surface area (TPSA) is 59.7 Å². The molecule has 4 nitrogen and oxygen atoms in total. The van der Waals surface area contributed by atoms with Crippen LogP contribution in [-0.4, -0.2) is 11.1 Å². The Morgan fingerprint density at radius 2 is 2.05 bits per heavy atom. The number of rotatable bonds is 4. The van der Waals surface area contributed by atoms with Crippen LogP contribution in [-0.2, 0) is 6.61 Å². The van der Waals surface area contributed by atoms with Gasteiger partial charge in [-0.2, -0.15) is 0 Å². The summed E-state index contributed by atoms with van der Waals surface area (Å²) in [6, 6.07) is 6.13. The molecule has 0 saturated carbocycles. The van der Waals surface area contributed by atoms with Crippen LogP contribution >= 0.6 is 0 Å². The Labute approximate surface area is 109 Å². The molecule has 0 aliphatic carbocycles. The summed E-state index contributed by atoms with van der Waals surface area (Å²) in [5.41, 5.74) is 1.07. The Morgan fingerprint density at radius 3 is 2.63 bits per heavy atom. The Hall–Kier alpha value is -2.30. The van der Waals surface area contributed by atoms with Gasteiger partial charge in [-0.1, -0.05) is 6.07 Å². The van der Waals surface area contributed by atoms with E-state index in [9.17, 15) is 9.18 Å². The predicted molar refractivity (Wildman–Crippen MR) is 65.9 cm³/mol. The van der Waals surface area contributed by atoms with Crippen molar-refractivity contribution in [2.45, 2.75) is 20.5 Å². The Balaban J connectivity index is 2.08. The largest absolute Gasteiger partial charge is 0.486 e. The van der Waals surface area contributed by atoms with Crippen LogP contribution in [0.15, 0.2) is 28.7 Å². The molecular formula is C14H13FO4. The normalized spacial score (nSPS) is 10.5. The van der Waals surface area contributed by atoms with Crippen LogP contribution in [0.2, 0.25) is 0 Å². The maximum absolute atomic E-state index is 13.3. The summed E-state index contributed by atoms with van der Waals surface area (Å²) >= 11 is 0. The van der Waals surface area contributed by atoms with Gasteiger partial charge in [0.15, 0.2) is 0 Å². The van der Waals surface area contributed by atoms with E-state index in [1.54, 1.807) is 32.0 Å². The molecular weight excluding hydrogens is 251 g/mol. The molecule has 0 aliphatic heterocycles. The second-order valence-corrected chi connectivity index (χ2v) is 4.23. The van der Waals surface area contributed by atoms with E-state index >= 15 is 0 Å². The molecule has 0 bridgehead atoms. The minimum Gasteiger partial charge on any atom is -0.486 e. The van der Waals surface area contributed by atoms with Crippen LogP contribution in [0.25, 0.3) is 0 Å². The Bertz CT molecular complexity index is 616. The first-order chi connectivity index (χ1) is 8.97. The van der Waals surface area contributed by atoms with Crippen LogP contribution in [0.5, 0.6) is 5.75 Å². The van der Waals surface area contributed by atoms with Crippen molar-refractivity contribution in [1.29, 1.82) is 0 Å². The van der Waals surface area contributed by atoms with Gasteiger partial charge in [-0.25, -0.2) is 9.18 Å². The number of aromatic carboxylic acids is 1. The van der Waals surface area contributed by atoms with Crippen molar-refractivity contribution >= 4 is 5.97 Å². The third-order valence-electron chi connectivity index (χ3n) is 2.69. The standard InChI is InChI=1S/C14H13FO4/c1-8-3-4-10(6-12(8)15)18-7-11-5-9(2)13(19-11)14(16)17/h3-6H,7H2,1-2H3,(H,16,17). The van der Waals surface area contributed by atoms with E-state index in [1.165, 1.54) is 6.07 Å². The highest BCUT2D eigenvalue weighted by atomic mass is 19.1. The molecule has 5 heteroatoms. The van der Waals surface area contributed by atoms with Crippen molar-refractivity contribution in [3.63, 3.8) is 0 Å². The van der Waals surface area contributed by atoms with E-state index in [1.807, 2.05) is 0 Å². The molecule has 1 aromatic carbocycles. The van der Waals surface area contributed by atoms with E-state index < -0.39 is 5.97 Å². The average molecular weight is 264 g/mol. The number of halogens is 1. The fraction of sp³-hybridized carbons (Fsp3) is 0.214. The number of aryl methyl sites for hydroxylation is 2. The van der Waals surface area contributed by atoms with Crippen molar-refractivity contribution in [2.24, 2.45) is 0 Å². The highest BCUT2D eigenvalue weighted by Crippen LogP contribution is 2.19. The summed E-state index contributed by atoms with van der Waals surface area (Å²) in [6.45, 7) is 3.35. The van der Waals surface area contributed by atoms with Crippen molar-refractivity contribution in [1.82, 2.24) is 0 Å². The van der Waals surface area contributed by atoms with Gasteiger partial charge in [0.25, 0.3) is 0 Å². The van der Waals surface area contributed by atoms with Crippen LogP contribution in [0.4, 0.5) is 4.39 Å². The van der Waals surface area contributed by atoms with E-state index in [0.29, 0.717) is 22.6 Å². The molecule has 2 aromatic rings. The van der Waals surface area contributed by atoms with E-state index in [-0.39, 0.29) is 18.2 Å². The third kappa shape index (κ3) is 2.93. The lowest BCUT2D eigenvalue weighted by atomic mass is 10.2. The highest BCUT2D eigenvalue weighted by Gasteiger charge is 2.14. The van der Waals surface area contributed by atoms with Gasteiger partial charge in [-0.3, -0.25) is 0 Å². The summed E-state index contributed by atoms with van der Waals surface area (Å²) in [4.78, 5) is 10.8. The van der Waals surface area contributed by atoms with Gasteiger partial charge in [0, 0.05) is 11.6 Å². The second-order valence-electron chi connectivity index (χ2n) is 4.23. The summed E-state index contributed by atoms with van der Waals surface area (Å²) in [5, 5.41) is 8.85. The monoisotopic (exact) mass is 264 g/mol. The van der Waals surface area contributed by atoms with Crippen LogP contribution in [0.3, 0.4) is 0 Å². The average Bonchev–Trinajstić information content (AvgIpc) is 2.72. The molecule has 0 amide bonds. The maximum atomic E-state index is 13.3. The minimum atomic E-state index is -1.12. The van der Waals surface area contributed by atoms with Gasteiger partial charge in [0.05, 0.1) is 0 Å². The lowest BCUT2D eigenvalue weighted by Crippen LogP contribution is -1.96. The SMILES string of the molecule is Cc1ccc(OCc2cc(C)c(C(=O)O)o2)cc1F. The summed E-state index contributed by atoms with van der Waals surface area (Å²) in [5.74, 6) is -0.817. The molecule has 0 atom stereocenters. The minimum absolute atomic E-state index is 0.0522. The number of benzene rings is 1. The number of ether oxygens (including phenoxy) is 1. The lowest BCUT2D eigenvalue weighted by molar-refractivity contribution is 0.0657. The molecule has 0 fully saturated rings. The number of carboxylic acid groups (broad SMARTS) is 1. The van der Waals surface area contributed by atoms with E-state index in [4.69, 9.17) is 14.3 Å². The molecule has 0 unspecified atom stereocenters. The quantitative estimate of drug-likeness (QED) is 0.920. The number of furan rings is 1. The molecule has 2 rings (SSSR count). The zero-order valence-corrected chi connectivity index (χ0v) is 10.6. The molecule has 100 valence electrons. The van der Waals surface area contributed by atoms with Gasteiger partial charge in [-0.15, -0.1) is 0 Å². The van der Waals surface area contributed by atoms with E-state index in [0.717, 1.165) is 0 Å². The van der Waals surface area contributed by atoms with Crippen LogP contribution < -0.4 is 4.74 Å². The van der Waals surface area contributed by atoms with Crippen LogP contribution in [0, 0.1) is 19.7 Å². The summed E-state index contributed by atoms with van der Waals surface area (Å²) < 4.78 is 23.8. The zero-order chi connectivity index (χ0) is 14.0. The van der Waals surface area contributed by atoms with Crippen molar-refractivity contribution in [3.05, 3.63) is 52.7 Å². The zero-order valence-electron chi connectivity index (χ0n) is 10.6. The molecule has 0 radical (unpaired) electrons. The molecule has 0 aliphatic rings. The van der Waals surface area contributed by atoms with Gasteiger partial charge in [0.1, 0.15) is 23.9 Å². The molecule has 1 aromatic heterocycles. The van der Waals surface area contributed by atoms with Crippen molar-refractivity contribution in [3.8, 4) is 5.75 Å². The van der Waals surface area contributed by atoms with Gasteiger partial charge >= 0.3 is 5.97 Å². The number of carboxylic acids is 1. The summed E-state index contributed by atoms with van der Waals surface area (Å²) in [7, 11) is 0. The van der Waals surface area contributed by atoms with Crippen LogP contribution in [0.1, 0.15) is 27.4 Å². The Morgan fingerprint density at radius 1 is 1.32 bits per heavy atom. The first-order valence-corrected chi connectivity index (χ1v) is 5.69. The lowest BCUT2D eigenvalue weighted by Gasteiger charge is -2.05. The fourth-order valence-corrected chi connectivity index (χ4v) is 1.65. The number of hydrogen-bond donors (Lipinski definition) is 1. The molecule has 19 heavy (non-hydrogen) atoms. The first-order valence-electron chi connectivity index (χ1n) is 5.69. The van der Waals surface area contributed by atoms with Gasteiger partial charge in [0.2, 0.25) is 5.76 Å². The molecule has 1 N–H and O–H groups in total. The second kappa shape index (κ2) is 5.14. The summed E-state index contributed by atoms with van der Waals surface area (Å²) in [6.07, 6.45) is 0. The van der Waals surface area contributed by atoms with Crippen molar-refractivity contribution in [2.75, 3.05) is 0 Å². The molecule has 0 spiro atoms. The van der Waals surface area contributed by atoms with Crippen molar-refractivity contribution < 1.29 is 23.4 Å². The predicted octanol–water partition coefficient (Wildman–Crippen LogP) is 3.31. The Kier molecular flexibility index (Phi) is 3.55. The smallest absolute Gasteiger partial charge is 0.372 e. The number of hydrogen-bond acceptors (Lipinski definition) is 3. The first kappa shape index (κ1) is 13.1. The van der Waals surface area contributed by atoms with Gasteiger partial charge in [-0.05, 0) is 31.5 Å².